The summed E-state index contributed by atoms with van der Waals surface area (Å²) in [5, 5.41) is 25.8. The van der Waals surface area contributed by atoms with E-state index in [4.69, 9.17) is 9.15 Å². The number of rotatable bonds is 1. The third kappa shape index (κ3) is 9.43. The number of ether oxygens (including phenoxy) is 1. The average Bonchev–Trinajstić information content (AvgIpc) is 3.25. The number of aromatic nitrogens is 1. The van der Waals surface area contributed by atoms with Crippen LogP contribution in [0.3, 0.4) is 0 Å². The lowest BCUT2D eigenvalue weighted by molar-refractivity contribution is -0.155. The maximum atomic E-state index is 12.7. The molecule has 0 radical (unpaired) electrons. The van der Waals surface area contributed by atoms with Gasteiger partial charge in [0, 0.05) is 18.9 Å². The molecule has 0 saturated carbocycles. The Kier molecular flexibility index (Phi) is 11.1. The van der Waals surface area contributed by atoms with E-state index in [1.165, 1.54) is 13.0 Å². The summed E-state index contributed by atoms with van der Waals surface area (Å²) in [7, 11) is 0. The van der Waals surface area contributed by atoms with Crippen molar-refractivity contribution in [3.8, 4) is 0 Å². The predicted molar refractivity (Wildman–Crippen MR) is 133 cm³/mol. The molecule has 2 amide bonds. The zero-order chi connectivity index (χ0) is 26.8. The van der Waals surface area contributed by atoms with Gasteiger partial charge in [0.2, 0.25) is 5.91 Å². The monoisotopic (exact) mass is 503 g/mol. The van der Waals surface area contributed by atoms with Crippen LogP contribution in [0.15, 0.2) is 46.6 Å². The number of aliphatic hydroxyl groups is 2. The Morgan fingerprint density at radius 2 is 1.86 bits per heavy atom. The van der Waals surface area contributed by atoms with Crippen LogP contribution in [-0.4, -0.2) is 63.9 Å². The molecule has 2 heterocycles. The Morgan fingerprint density at radius 1 is 1.14 bits per heavy atom. The minimum Gasteiger partial charge on any atom is -0.460 e. The smallest absolute Gasteiger partial charge is 0.328 e. The van der Waals surface area contributed by atoms with E-state index in [0.717, 1.165) is 11.8 Å². The van der Waals surface area contributed by atoms with E-state index >= 15 is 0 Å². The summed E-state index contributed by atoms with van der Waals surface area (Å²) >= 11 is 0. The van der Waals surface area contributed by atoms with Gasteiger partial charge in [0.05, 0.1) is 18.6 Å². The number of esters is 1. The van der Waals surface area contributed by atoms with Crippen LogP contribution in [0.1, 0.15) is 57.4 Å². The molecule has 4 N–H and O–H groups in total. The van der Waals surface area contributed by atoms with E-state index in [9.17, 15) is 24.6 Å². The molecule has 1 aromatic rings. The highest BCUT2D eigenvalue weighted by Crippen LogP contribution is 2.19. The standard InChI is InChI=1S/C26H37N3O7/c1-15(2)24-17(4)8-9-22(32)27-10-6-7-16(3)11-19(30)12-20(31)13-23-29-21(14-35-23)25(33)28-18(5)26(34)36-24/h6-9,11,14-15,17-20,24,30-31H,10,12-13H2,1-5H3,(H,27,32)(H,28,33)/b7-6-,9-8-,16-11-/t17-,18-,19-,20+,24-/m1/s1. The van der Waals surface area contributed by atoms with E-state index in [0.29, 0.717) is 0 Å². The van der Waals surface area contributed by atoms with E-state index in [1.807, 2.05) is 20.8 Å². The first-order valence-corrected chi connectivity index (χ1v) is 12.1. The van der Waals surface area contributed by atoms with Crippen LogP contribution in [0.25, 0.3) is 0 Å². The highest BCUT2D eigenvalue weighted by Gasteiger charge is 2.28. The van der Waals surface area contributed by atoms with Crippen molar-refractivity contribution in [2.75, 3.05) is 6.54 Å². The number of nitrogens with one attached hydrogen (secondary N) is 2. The molecule has 0 aliphatic carbocycles. The minimum atomic E-state index is -0.959. The molecule has 5 atom stereocenters. The molecule has 2 rings (SSSR count). The molecular formula is C26H37N3O7. The summed E-state index contributed by atoms with van der Waals surface area (Å²) < 4.78 is 10.9. The normalized spacial score (nSPS) is 30.9. The Balaban J connectivity index is 2.24. The van der Waals surface area contributed by atoms with Crippen molar-refractivity contribution in [1.82, 2.24) is 15.6 Å². The fourth-order valence-corrected chi connectivity index (χ4v) is 3.73. The van der Waals surface area contributed by atoms with Gasteiger partial charge in [0.15, 0.2) is 11.6 Å². The van der Waals surface area contributed by atoms with Crippen molar-refractivity contribution in [3.05, 3.63) is 53.8 Å². The molecule has 198 valence electrons. The summed E-state index contributed by atoms with van der Waals surface area (Å²) in [6.45, 7) is 9.24. The van der Waals surface area contributed by atoms with Gasteiger partial charge in [-0.3, -0.25) is 9.59 Å². The van der Waals surface area contributed by atoms with Crippen molar-refractivity contribution < 1.29 is 33.8 Å². The van der Waals surface area contributed by atoms with Crippen LogP contribution >= 0.6 is 0 Å². The predicted octanol–water partition coefficient (Wildman–Crippen LogP) is 1.84. The molecular weight excluding hydrogens is 466 g/mol. The quantitative estimate of drug-likeness (QED) is 0.424. The summed E-state index contributed by atoms with van der Waals surface area (Å²) in [5.74, 6) is -1.70. The molecule has 0 aromatic carbocycles. The second-order valence-corrected chi connectivity index (χ2v) is 9.40. The number of amides is 2. The van der Waals surface area contributed by atoms with Gasteiger partial charge < -0.3 is 30.0 Å². The van der Waals surface area contributed by atoms with Crippen molar-refractivity contribution in [3.63, 3.8) is 0 Å². The van der Waals surface area contributed by atoms with Crippen LogP contribution in [0.4, 0.5) is 0 Å². The van der Waals surface area contributed by atoms with E-state index in [-0.39, 0.29) is 48.7 Å². The zero-order valence-electron chi connectivity index (χ0n) is 21.4. The number of carbonyl (C=O) groups is 3. The number of fused-ring (bicyclic) bond motifs is 2. The first kappa shape index (κ1) is 29.0. The average molecular weight is 504 g/mol. The third-order valence-electron chi connectivity index (χ3n) is 5.62. The number of oxazole rings is 1. The van der Waals surface area contributed by atoms with Gasteiger partial charge >= 0.3 is 5.97 Å². The second-order valence-electron chi connectivity index (χ2n) is 9.40. The second kappa shape index (κ2) is 13.7. The molecule has 2 bridgehead atoms. The fraction of sp³-hybridized carbons (Fsp3) is 0.538. The van der Waals surface area contributed by atoms with Crippen LogP contribution in [0, 0.1) is 11.8 Å². The SMILES string of the molecule is CC1=C/[C@@H](O)C[C@H](O)Cc2nc(co2)C(=O)N[C@H](C)C(=O)O[C@H](C(C)C)[C@H](C)/C=C\C(=O)NC/C=C\1. The number of aliphatic hydroxyl groups excluding tert-OH is 2. The molecule has 1 aromatic heterocycles. The highest BCUT2D eigenvalue weighted by molar-refractivity contribution is 5.94. The van der Waals surface area contributed by atoms with E-state index in [2.05, 4.69) is 15.6 Å². The van der Waals surface area contributed by atoms with E-state index < -0.39 is 36.2 Å². The molecule has 0 saturated heterocycles. The minimum absolute atomic E-state index is 0.00233. The van der Waals surface area contributed by atoms with Crippen molar-refractivity contribution in [2.24, 2.45) is 11.8 Å². The van der Waals surface area contributed by atoms with Gasteiger partial charge in [0.1, 0.15) is 18.4 Å². The summed E-state index contributed by atoms with van der Waals surface area (Å²) in [5.41, 5.74) is 0.719. The van der Waals surface area contributed by atoms with Crippen LogP contribution in [-0.2, 0) is 20.7 Å². The van der Waals surface area contributed by atoms with Crippen LogP contribution in [0.2, 0.25) is 0 Å². The fourth-order valence-electron chi connectivity index (χ4n) is 3.73. The third-order valence-corrected chi connectivity index (χ3v) is 5.62. The first-order valence-electron chi connectivity index (χ1n) is 12.1. The van der Waals surface area contributed by atoms with Crippen LogP contribution in [0.5, 0.6) is 0 Å². The molecule has 0 fully saturated rings. The molecule has 1 aliphatic rings. The van der Waals surface area contributed by atoms with Gasteiger partial charge in [-0.2, -0.15) is 0 Å². The lowest BCUT2D eigenvalue weighted by Crippen LogP contribution is -2.42. The molecule has 0 spiro atoms. The topological polar surface area (TPSA) is 151 Å². The maximum Gasteiger partial charge on any atom is 0.328 e. The van der Waals surface area contributed by atoms with Gasteiger partial charge in [-0.15, -0.1) is 0 Å². The summed E-state index contributed by atoms with van der Waals surface area (Å²) in [6, 6.07) is -0.956. The van der Waals surface area contributed by atoms with Gasteiger partial charge in [0.25, 0.3) is 5.91 Å². The van der Waals surface area contributed by atoms with Crippen molar-refractivity contribution in [1.29, 1.82) is 0 Å². The summed E-state index contributed by atoms with van der Waals surface area (Å²) in [6.07, 6.45) is 6.98. The number of cyclic esters (lactones) is 1. The Labute approximate surface area is 211 Å². The lowest BCUT2D eigenvalue weighted by Gasteiger charge is -2.27. The number of carbonyl (C=O) groups excluding carboxylic acids is 3. The van der Waals surface area contributed by atoms with Crippen molar-refractivity contribution >= 4 is 17.8 Å². The van der Waals surface area contributed by atoms with Gasteiger partial charge in [-0.05, 0) is 25.8 Å². The molecule has 36 heavy (non-hydrogen) atoms. The highest BCUT2D eigenvalue weighted by atomic mass is 16.5. The maximum absolute atomic E-state index is 12.7. The number of nitrogens with zero attached hydrogens (tertiary/aromatic N) is 1. The van der Waals surface area contributed by atoms with Crippen LogP contribution < -0.4 is 10.6 Å². The van der Waals surface area contributed by atoms with Gasteiger partial charge in [-0.25, -0.2) is 9.78 Å². The number of hydrogen-bond donors (Lipinski definition) is 4. The lowest BCUT2D eigenvalue weighted by atomic mass is 9.94. The largest absolute Gasteiger partial charge is 0.460 e. The molecule has 10 heteroatoms. The van der Waals surface area contributed by atoms with Crippen molar-refractivity contribution in [2.45, 2.75) is 71.8 Å². The van der Waals surface area contributed by atoms with Gasteiger partial charge in [-0.1, -0.05) is 50.6 Å². The number of hydrogen-bond acceptors (Lipinski definition) is 8. The molecule has 1 aliphatic heterocycles. The summed E-state index contributed by atoms with van der Waals surface area (Å²) in [4.78, 5) is 41.5. The first-order chi connectivity index (χ1) is 17.0. The number of allylic oxidation sites excluding steroid dienone is 2. The molecule has 10 nitrogen and oxygen atoms in total. The Hall–Kier alpha value is -3.24. The Morgan fingerprint density at radius 3 is 2.56 bits per heavy atom. The Bertz CT molecular complexity index is 995. The zero-order valence-corrected chi connectivity index (χ0v) is 21.4. The molecule has 0 unspecified atom stereocenters. The van der Waals surface area contributed by atoms with E-state index in [1.54, 1.807) is 31.2 Å².